The van der Waals surface area contributed by atoms with Crippen LogP contribution in [-0.2, 0) is 9.47 Å². The lowest BCUT2D eigenvalue weighted by Gasteiger charge is -2.03. The molecule has 1 radical (unpaired) electrons. The molecular formula is C5H10BO2. The summed E-state index contributed by atoms with van der Waals surface area (Å²) in [7, 11) is 2.05. The highest BCUT2D eigenvalue weighted by atomic mass is 16.7. The van der Waals surface area contributed by atoms with Crippen LogP contribution >= 0.6 is 0 Å². The fourth-order valence-corrected chi connectivity index (χ4v) is 0.736. The van der Waals surface area contributed by atoms with E-state index in [4.69, 9.17) is 9.47 Å². The van der Waals surface area contributed by atoms with E-state index in [0.29, 0.717) is 0 Å². The van der Waals surface area contributed by atoms with Crippen molar-refractivity contribution < 1.29 is 9.47 Å². The molecule has 45 valence electrons. The molecule has 0 saturated carbocycles. The third-order valence-corrected chi connectivity index (χ3v) is 1.12. The zero-order valence-corrected chi connectivity index (χ0v) is 5.09. The van der Waals surface area contributed by atoms with Gasteiger partial charge in [-0.05, 0) is 6.32 Å². The van der Waals surface area contributed by atoms with E-state index >= 15 is 0 Å². The minimum absolute atomic E-state index is 0.0556. The SMILES string of the molecule is C[B]CC1OCCO1. The van der Waals surface area contributed by atoms with Crippen LogP contribution in [0.25, 0.3) is 0 Å². The van der Waals surface area contributed by atoms with Gasteiger partial charge in [0.05, 0.1) is 13.2 Å². The molecule has 1 aliphatic heterocycles. The molecule has 8 heavy (non-hydrogen) atoms. The Hall–Kier alpha value is -0.0151. The van der Waals surface area contributed by atoms with Gasteiger partial charge in [0.15, 0.2) is 6.29 Å². The molecule has 1 fully saturated rings. The molecule has 1 saturated heterocycles. The van der Waals surface area contributed by atoms with Crippen molar-refractivity contribution in [3.8, 4) is 0 Å². The maximum absolute atomic E-state index is 5.14. The molecule has 0 amide bonds. The highest BCUT2D eigenvalue weighted by Gasteiger charge is 2.13. The zero-order chi connectivity index (χ0) is 5.82. The first-order valence-corrected chi connectivity index (χ1v) is 2.94. The second-order valence-corrected chi connectivity index (χ2v) is 1.82. The Bertz CT molecular complexity index is 61.4. The monoisotopic (exact) mass is 113 g/mol. The predicted octanol–water partition coefficient (Wildman–Crippen LogP) is 0.530. The molecule has 1 aliphatic rings. The van der Waals surface area contributed by atoms with Crippen molar-refractivity contribution in [3.63, 3.8) is 0 Å². The molecule has 3 heteroatoms. The van der Waals surface area contributed by atoms with Crippen LogP contribution in [0.2, 0.25) is 13.1 Å². The minimum atomic E-state index is 0.0556. The largest absolute Gasteiger partial charge is 0.351 e. The molecular weight excluding hydrogens is 103 g/mol. The Kier molecular flexibility index (Phi) is 2.37. The highest BCUT2D eigenvalue weighted by Crippen LogP contribution is 2.06. The summed E-state index contributed by atoms with van der Waals surface area (Å²) in [5, 5.41) is 0. The molecule has 1 heterocycles. The van der Waals surface area contributed by atoms with Gasteiger partial charge < -0.3 is 9.47 Å². The summed E-state index contributed by atoms with van der Waals surface area (Å²) in [6, 6.07) is 0. The molecule has 0 atom stereocenters. The number of hydrogen-bond donors (Lipinski definition) is 0. The second kappa shape index (κ2) is 3.10. The summed E-state index contributed by atoms with van der Waals surface area (Å²) in [6.07, 6.45) is 0.972. The lowest BCUT2D eigenvalue weighted by molar-refractivity contribution is -0.0252. The fourth-order valence-electron chi connectivity index (χ4n) is 0.736. The quantitative estimate of drug-likeness (QED) is 0.486. The minimum Gasteiger partial charge on any atom is -0.351 e. The molecule has 2 nitrogen and oxygen atoms in total. The Morgan fingerprint density at radius 2 is 2.12 bits per heavy atom. The van der Waals surface area contributed by atoms with Crippen molar-refractivity contribution in [2.75, 3.05) is 13.2 Å². The van der Waals surface area contributed by atoms with E-state index in [1.165, 1.54) is 0 Å². The number of hydrogen-bond acceptors (Lipinski definition) is 2. The standard InChI is InChI=1S/C5H10BO2/c1-6-4-5-7-2-3-8-5/h5H,2-4H2,1H3. The van der Waals surface area contributed by atoms with Crippen molar-refractivity contribution in [3.05, 3.63) is 0 Å². The van der Waals surface area contributed by atoms with Gasteiger partial charge in [-0.15, -0.1) is 0 Å². The van der Waals surface area contributed by atoms with Gasteiger partial charge in [-0.1, -0.05) is 6.82 Å². The summed E-state index contributed by atoms with van der Waals surface area (Å²) in [4.78, 5) is 0. The van der Waals surface area contributed by atoms with E-state index in [2.05, 4.69) is 7.28 Å². The molecule has 0 unspecified atom stereocenters. The van der Waals surface area contributed by atoms with Crippen molar-refractivity contribution in [1.29, 1.82) is 0 Å². The zero-order valence-electron chi connectivity index (χ0n) is 5.09. The van der Waals surface area contributed by atoms with Gasteiger partial charge in [0.2, 0.25) is 0 Å². The average Bonchev–Trinajstić information content (AvgIpc) is 2.19. The third-order valence-electron chi connectivity index (χ3n) is 1.12. The predicted molar refractivity (Wildman–Crippen MR) is 32.1 cm³/mol. The first-order valence-electron chi connectivity index (χ1n) is 2.94. The van der Waals surface area contributed by atoms with Gasteiger partial charge >= 0.3 is 0 Å². The average molecular weight is 113 g/mol. The Morgan fingerprint density at radius 3 is 2.62 bits per heavy atom. The molecule has 0 aromatic rings. The van der Waals surface area contributed by atoms with Crippen LogP contribution in [0.1, 0.15) is 0 Å². The summed E-state index contributed by atoms with van der Waals surface area (Å²) >= 11 is 0. The van der Waals surface area contributed by atoms with Gasteiger partial charge in [-0.3, -0.25) is 0 Å². The van der Waals surface area contributed by atoms with Crippen LogP contribution in [0, 0.1) is 0 Å². The van der Waals surface area contributed by atoms with Crippen LogP contribution in [0.3, 0.4) is 0 Å². The van der Waals surface area contributed by atoms with E-state index in [1.807, 2.05) is 6.82 Å². The van der Waals surface area contributed by atoms with Crippen molar-refractivity contribution >= 4 is 7.28 Å². The van der Waals surface area contributed by atoms with Gasteiger partial charge in [0.25, 0.3) is 0 Å². The summed E-state index contributed by atoms with van der Waals surface area (Å²) in [5.74, 6) is 0. The maximum atomic E-state index is 5.14. The van der Waals surface area contributed by atoms with Gasteiger partial charge in [0.1, 0.15) is 7.28 Å². The highest BCUT2D eigenvalue weighted by molar-refractivity contribution is 6.33. The second-order valence-electron chi connectivity index (χ2n) is 1.82. The van der Waals surface area contributed by atoms with Crippen LogP contribution < -0.4 is 0 Å². The topological polar surface area (TPSA) is 18.5 Å². The Morgan fingerprint density at radius 1 is 1.50 bits per heavy atom. The third kappa shape index (κ3) is 1.49. The number of ether oxygens (including phenoxy) is 2. The molecule has 0 N–H and O–H groups in total. The maximum Gasteiger partial charge on any atom is 0.150 e. The fraction of sp³-hybridized carbons (Fsp3) is 1.00. The molecule has 0 aliphatic carbocycles. The Balaban J connectivity index is 2.06. The molecule has 1 rings (SSSR count). The first-order chi connectivity index (χ1) is 3.93. The van der Waals surface area contributed by atoms with Crippen LogP contribution in [0.5, 0.6) is 0 Å². The van der Waals surface area contributed by atoms with Crippen LogP contribution in [0.15, 0.2) is 0 Å². The van der Waals surface area contributed by atoms with E-state index in [0.717, 1.165) is 19.5 Å². The van der Waals surface area contributed by atoms with Crippen molar-refractivity contribution in [2.24, 2.45) is 0 Å². The molecule has 0 aromatic carbocycles. The van der Waals surface area contributed by atoms with E-state index in [-0.39, 0.29) is 6.29 Å². The molecule has 0 aromatic heterocycles. The summed E-state index contributed by atoms with van der Waals surface area (Å²) in [5.41, 5.74) is 0. The van der Waals surface area contributed by atoms with Crippen LogP contribution in [-0.4, -0.2) is 26.8 Å². The normalized spacial score (nSPS) is 21.6. The van der Waals surface area contributed by atoms with Crippen molar-refractivity contribution in [1.82, 2.24) is 0 Å². The smallest absolute Gasteiger partial charge is 0.150 e. The first kappa shape index (κ1) is 6.11. The van der Waals surface area contributed by atoms with E-state index < -0.39 is 0 Å². The summed E-state index contributed by atoms with van der Waals surface area (Å²) in [6.45, 7) is 3.53. The Labute approximate surface area is 50.4 Å². The van der Waals surface area contributed by atoms with Crippen molar-refractivity contribution in [2.45, 2.75) is 19.4 Å². The lowest BCUT2D eigenvalue weighted by atomic mass is 9.78. The van der Waals surface area contributed by atoms with E-state index in [9.17, 15) is 0 Å². The molecule has 0 spiro atoms. The van der Waals surface area contributed by atoms with Gasteiger partial charge in [0, 0.05) is 0 Å². The molecule has 0 bridgehead atoms. The van der Waals surface area contributed by atoms with Gasteiger partial charge in [-0.2, -0.15) is 0 Å². The van der Waals surface area contributed by atoms with Gasteiger partial charge in [-0.25, -0.2) is 0 Å². The lowest BCUT2D eigenvalue weighted by Crippen LogP contribution is -2.08. The van der Waals surface area contributed by atoms with E-state index in [1.54, 1.807) is 0 Å². The summed E-state index contributed by atoms with van der Waals surface area (Å²) < 4.78 is 10.3. The van der Waals surface area contributed by atoms with Crippen LogP contribution in [0.4, 0.5) is 0 Å². The number of rotatable bonds is 2.